The summed E-state index contributed by atoms with van der Waals surface area (Å²) < 4.78 is 1.97. The molecule has 248 valence electrons. The first-order valence-corrected chi connectivity index (χ1v) is 16.7. The van der Waals surface area contributed by atoms with E-state index in [-0.39, 0.29) is 11.1 Å². The molecule has 53 heavy (non-hydrogen) atoms. The molecule has 1 aromatic heterocycles. The molecule has 7 aromatic rings. The first-order valence-electron chi connectivity index (χ1n) is 16.7. The largest absolute Gasteiger partial charge is 0.307 e. The average Bonchev–Trinajstić information content (AvgIpc) is 3.64. The molecule has 2 amide bonds. The lowest BCUT2D eigenvalue weighted by molar-refractivity contribution is 0.0925. The Hall–Kier alpha value is -7.78. The van der Waals surface area contributed by atoms with Crippen molar-refractivity contribution in [3.63, 3.8) is 0 Å². The Labute approximate surface area is 305 Å². The maximum atomic E-state index is 14.8. The fraction of sp³-hybridized carbons (Fsp3) is 0.0667. The molecule has 0 saturated heterocycles. The lowest BCUT2D eigenvalue weighted by Gasteiger charge is -2.20. The Morgan fingerprint density at radius 3 is 1.66 bits per heavy atom. The summed E-state index contributed by atoms with van der Waals surface area (Å²) >= 11 is 0. The Morgan fingerprint density at radius 1 is 0.604 bits per heavy atom. The van der Waals surface area contributed by atoms with Crippen molar-refractivity contribution in [2.24, 2.45) is 0 Å². The number of rotatable bonds is 4. The molecule has 6 aromatic carbocycles. The zero-order valence-electron chi connectivity index (χ0n) is 28.8. The van der Waals surface area contributed by atoms with Gasteiger partial charge in [0.25, 0.3) is 11.8 Å². The number of anilines is 1. The SMILES string of the molecule is [C-]#[N+]c1cc(C#N)cc(-c2cccc3c4cccc(-c5cc(C#N)cc(C#N)c5)c4n(-c4cccc5c4C(=O)N(c4c(C)cc(C)cc4C)C5=O)c23)c1. The monoisotopic (exact) mass is 682 g/mol. The van der Waals surface area contributed by atoms with Gasteiger partial charge in [-0.3, -0.25) is 9.59 Å². The Balaban J connectivity index is 1.53. The minimum atomic E-state index is -0.458. The van der Waals surface area contributed by atoms with Gasteiger partial charge in [0.15, 0.2) is 5.69 Å². The van der Waals surface area contributed by atoms with E-state index >= 15 is 0 Å². The summed E-state index contributed by atoms with van der Waals surface area (Å²) in [6, 6.07) is 37.2. The molecule has 2 heterocycles. The van der Waals surface area contributed by atoms with E-state index in [0.29, 0.717) is 67.0 Å². The third kappa shape index (κ3) is 4.95. The minimum absolute atomic E-state index is 0.233. The van der Waals surface area contributed by atoms with Gasteiger partial charge in [-0.25, -0.2) is 9.74 Å². The van der Waals surface area contributed by atoms with Crippen LogP contribution in [0, 0.1) is 61.3 Å². The van der Waals surface area contributed by atoms with Crippen molar-refractivity contribution >= 4 is 45.0 Å². The van der Waals surface area contributed by atoms with Crippen molar-refractivity contribution in [3.05, 3.63) is 159 Å². The van der Waals surface area contributed by atoms with Crippen LogP contribution in [-0.2, 0) is 0 Å². The molecular weight excluding hydrogens is 657 g/mol. The number of benzene rings is 6. The third-order valence-corrected chi connectivity index (χ3v) is 9.79. The number of carbonyl (C=O) groups is 2. The number of amides is 2. The zero-order chi connectivity index (χ0) is 37.1. The first kappa shape index (κ1) is 32.4. The van der Waals surface area contributed by atoms with Gasteiger partial charge in [0, 0.05) is 27.5 Å². The highest BCUT2D eigenvalue weighted by molar-refractivity contribution is 6.36. The van der Waals surface area contributed by atoms with Crippen molar-refractivity contribution < 1.29 is 9.59 Å². The average molecular weight is 683 g/mol. The number of nitrogens with zero attached hydrogens (tertiary/aromatic N) is 6. The predicted octanol–water partition coefficient (Wildman–Crippen LogP) is 10.0. The van der Waals surface area contributed by atoms with E-state index in [1.165, 1.54) is 17.0 Å². The summed E-state index contributed by atoms with van der Waals surface area (Å²) in [7, 11) is 0. The topological polar surface area (TPSA) is 118 Å². The lowest BCUT2D eigenvalue weighted by atomic mass is 9.97. The molecule has 0 atom stereocenters. The number of para-hydroxylation sites is 2. The second-order valence-electron chi connectivity index (χ2n) is 13.1. The second kappa shape index (κ2) is 12.2. The van der Waals surface area contributed by atoms with E-state index in [9.17, 15) is 25.4 Å². The van der Waals surface area contributed by atoms with Crippen LogP contribution in [0.4, 0.5) is 11.4 Å². The lowest BCUT2D eigenvalue weighted by Crippen LogP contribution is -2.31. The Morgan fingerprint density at radius 2 is 1.11 bits per heavy atom. The Kier molecular flexibility index (Phi) is 7.48. The van der Waals surface area contributed by atoms with Gasteiger partial charge in [-0.15, -0.1) is 0 Å². The summed E-state index contributed by atoms with van der Waals surface area (Å²) in [6.07, 6.45) is 0. The van der Waals surface area contributed by atoms with E-state index in [4.69, 9.17) is 6.57 Å². The molecule has 1 aliphatic rings. The van der Waals surface area contributed by atoms with Crippen molar-refractivity contribution in [3.8, 4) is 46.1 Å². The number of aryl methyl sites for hydroxylation is 3. The van der Waals surface area contributed by atoms with Crippen molar-refractivity contribution in [1.29, 1.82) is 15.8 Å². The van der Waals surface area contributed by atoms with Crippen LogP contribution in [0.5, 0.6) is 0 Å². The number of aromatic nitrogens is 1. The van der Waals surface area contributed by atoms with Crippen molar-refractivity contribution in [1.82, 2.24) is 4.57 Å². The van der Waals surface area contributed by atoms with Gasteiger partial charge in [0.2, 0.25) is 0 Å². The molecule has 0 bridgehead atoms. The third-order valence-electron chi connectivity index (χ3n) is 9.79. The zero-order valence-corrected chi connectivity index (χ0v) is 28.8. The van der Waals surface area contributed by atoms with Gasteiger partial charge < -0.3 is 4.57 Å². The summed E-state index contributed by atoms with van der Waals surface area (Å²) in [4.78, 5) is 34.0. The molecule has 0 saturated carbocycles. The van der Waals surface area contributed by atoms with Gasteiger partial charge in [-0.1, -0.05) is 60.2 Å². The molecule has 1 aliphatic heterocycles. The minimum Gasteiger partial charge on any atom is -0.307 e. The van der Waals surface area contributed by atoms with Gasteiger partial charge in [0.05, 0.1) is 69.4 Å². The van der Waals surface area contributed by atoms with E-state index < -0.39 is 11.8 Å². The molecule has 8 rings (SSSR count). The van der Waals surface area contributed by atoms with Crippen LogP contribution in [0.2, 0.25) is 0 Å². The maximum Gasteiger partial charge on any atom is 0.268 e. The van der Waals surface area contributed by atoms with Crippen LogP contribution in [0.3, 0.4) is 0 Å². The number of hydrogen-bond acceptors (Lipinski definition) is 5. The molecule has 0 spiro atoms. The van der Waals surface area contributed by atoms with E-state index in [0.717, 1.165) is 27.5 Å². The summed E-state index contributed by atoms with van der Waals surface area (Å²) in [6.45, 7) is 13.5. The van der Waals surface area contributed by atoms with E-state index in [1.807, 2.05) is 79.9 Å². The van der Waals surface area contributed by atoms with Crippen LogP contribution in [0.15, 0.2) is 103 Å². The molecule has 0 radical (unpaired) electrons. The smallest absolute Gasteiger partial charge is 0.268 e. The van der Waals surface area contributed by atoms with E-state index in [1.54, 1.807) is 36.4 Å². The fourth-order valence-corrected chi connectivity index (χ4v) is 7.81. The highest BCUT2D eigenvalue weighted by Crippen LogP contribution is 2.45. The Bertz CT molecular complexity index is 2760. The van der Waals surface area contributed by atoms with Crippen LogP contribution in [-0.4, -0.2) is 16.4 Å². The van der Waals surface area contributed by atoms with Gasteiger partial charge in [-0.05, 0) is 91.6 Å². The predicted molar refractivity (Wildman–Crippen MR) is 204 cm³/mol. The molecule has 0 unspecified atom stereocenters. The highest BCUT2D eigenvalue weighted by atomic mass is 16.2. The number of imide groups is 1. The quantitative estimate of drug-likeness (QED) is 0.135. The normalized spacial score (nSPS) is 12.0. The number of nitriles is 3. The fourth-order valence-electron chi connectivity index (χ4n) is 7.81. The summed E-state index contributed by atoms with van der Waals surface area (Å²) in [5.74, 6) is -0.882. The summed E-state index contributed by atoms with van der Waals surface area (Å²) in [5, 5.41) is 31.3. The van der Waals surface area contributed by atoms with Crippen LogP contribution < -0.4 is 4.90 Å². The summed E-state index contributed by atoms with van der Waals surface area (Å²) in [5.41, 5.74) is 9.43. The number of carbonyl (C=O) groups excluding carboxylic acids is 2. The second-order valence-corrected chi connectivity index (χ2v) is 13.1. The van der Waals surface area contributed by atoms with Crippen LogP contribution in [0.25, 0.3) is 54.6 Å². The number of hydrogen-bond donors (Lipinski definition) is 0. The highest BCUT2D eigenvalue weighted by Gasteiger charge is 2.41. The van der Waals surface area contributed by atoms with Gasteiger partial charge in [0.1, 0.15) is 0 Å². The molecule has 8 nitrogen and oxygen atoms in total. The maximum absolute atomic E-state index is 14.8. The standard InChI is InChI=1S/C45H26N6O2/c1-25-14-26(2)41(27(3)15-25)51-44(52)38-12-7-13-39(40(38)45(51)53)50-42-34(31-17-28(22-46)16-29(18-31)23-47)8-5-10-36(42)37-11-6-9-35(43(37)50)32-19-30(24-48)20-33(21-32)49-4/h5-21H,1-3H3. The molecule has 8 heteroatoms. The van der Waals surface area contributed by atoms with Gasteiger partial charge in [-0.2, -0.15) is 15.8 Å². The molecular formula is C45H26N6O2. The van der Waals surface area contributed by atoms with Crippen LogP contribution >= 0.6 is 0 Å². The molecule has 0 fully saturated rings. The van der Waals surface area contributed by atoms with E-state index in [2.05, 4.69) is 23.1 Å². The molecule has 0 aliphatic carbocycles. The van der Waals surface area contributed by atoms with Crippen molar-refractivity contribution in [2.75, 3.05) is 4.90 Å². The van der Waals surface area contributed by atoms with Crippen LogP contribution in [0.1, 0.15) is 54.1 Å². The van der Waals surface area contributed by atoms with Gasteiger partial charge >= 0.3 is 0 Å². The number of fused-ring (bicyclic) bond motifs is 4. The molecule has 0 N–H and O–H groups in total. The van der Waals surface area contributed by atoms with Crippen molar-refractivity contribution in [2.45, 2.75) is 20.8 Å². The first-order chi connectivity index (χ1) is 25.7.